The van der Waals surface area contributed by atoms with Crippen molar-refractivity contribution in [2.75, 3.05) is 7.05 Å². The van der Waals surface area contributed by atoms with Crippen LogP contribution in [0.4, 0.5) is 0 Å². The van der Waals surface area contributed by atoms with Crippen molar-refractivity contribution in [2.45, 2.75) is 19.4 Å². The van der Waals surface area contributed by atoms with E-state index in [0.29, 0.717) is 6.04 Å². The molecule has 90 valence electrons. The number of nitrogens with zero attached hydrogens (tertiary/aromatic N) is 3. The SMILES string of the molecule is CNC(C)Cc1cnnn1-c1ccc(O)cc1. The lowest BCUT2D eigenvalue weighted by molar-refractivity contribution is 0.475. The third-order valence-corrected chi connectivity index (χ3v) is 2.72. The van der Waals surface area contributed by atoms with Crippen LogP contribution >= 0.6 is 0 Å². The average molecular weight is 232 g/mol. The topological polar surface area (TPSA) is 63.0 Å². The second-order valence-electron chi connectivity index (χ2n) is 4.05. The summed E-state index contributed by atoms with van der Waals surface area (Å²) in [4.78, 5) is 0. The number of phenolic OH excluding ortho intramolecular Hbond substituents is 1. The molecule has 1 aromatic carbocycles. The molecule has 2 N–H and O–H groups in total. The van der Waals surface area contributed by atoms with E-state index in [-0.39, 0.29) is 5.75 Å². The van der Waals surface area contributed by atoms with E-state index in [9.17, 15) is 5.11 Å². The average Bonchev–Trinajstić information content (AvgIpc) is 2.78. The fraction of sp³-hybridized carbons (Fsp3) is 0.333. The molecule has 0 spiro atoms. The molecular weight excluding hydrogens is 216 g/mol. The minimum absolute atomic E-state index is 0.249. The van der Waals surface area contributed by atoms with Crippen LogP contribution in [0.15, 0.2) is 30.5 Å². The second kappa shape index (κ2) is 4.97. The molecule has 17 heavy (non-hydrogen) atoms. The van der Waals surface area contributed by atoms with Gasteiger partial charge in [-0.1, -0.05) is 5.21 Å². The summed E-state index contributed by atoms with van der Waals surface area (Å²) in [5.74, 6) is 0.249. The van der Waals surface area contributed by atoms with E-state index in [0.717, 1.165) is 17.8 Å². The lowest BCUT2D eigenvalue weighted by Gasteiger charge is -2.11. The Morgan fingerprint density at radius 2 is 2.06 bits per heavy atom. The van der Waals surface area contributed by atoms with Crippen LogP contribution < -0.4 is 5.32 Å². The second-order valence-corrected chi connectivity index (χ2v) is 4.05. The quantitative estimate of drug-likeness (QED) is 0.829. The molecule has 0 fully saturated rings. The molecule has 0 radical (unpaired) electrons. The summed E-state index contributed by atoms with van der Waals surface area (Å²) in [5.41, 5.74) is 1.94. The Hall–Kier alpha value is -1.88. The summed E-state index contributed by atoms with van der Waals surface area (Å²) >= 11 is 0. The lowest BCUT2D eigenvalue weighted by atomic mass is 10.2. The monoisotopic (exact) mass is 232 g/mol. The van der Waals surface area contributed by atoms with Gasteiger partial charge in [-0.3, -0.25) is 0 Å². The number of likely N-dealkylation sites (N-methyl/N-ethyl adjacent to an activating group) is 1. The predicted octanol–water partition coefficient (Wildman–Crippen LogP) is 1.12. The normalized spacial score (nSPS) is 12.6. The largest absolute Gasteiger partial charge is 0.508 e. The molecule has 0 saturated heterocycles. The first-order valence-corrected chi connectivity index (χ1v) is 5.57. The van der Waals surface area contributed by atoms with E-state index in [1.807, 2.05) is 19.2 Å². The van der Waals surface area contributed by atoms with Gasteiger partial charge in [0.1, 0.15) is 5.75 Å². The molecule has 0 saturated carbocycles. The van der Waals surface area contributed by atoms with E-state index in [2.05, 4.69) is 22.6 Å². The van der Waals surface area contributed by atoms with Crippen LogP contribution in [0, 0.1) is 0 Å². The van der Waals surface area contributed by atoms with Crippen molar-refractivity contribution in [1.29, 1.82) is 0 Å². The van der Waals surface area contributed by atoms with Crippen molar-refractivity contribution >= 4 is 0 Å². The fourth-order valence-electron chi connectivity index (χ4n) is 1.62. The van der Waals surface area contributed by atoms with E-state index in [4.69, 9.17) is 0 Å². The van der Waals surface area contributed by atoms with Gasteiger partial charge in [0, 0.05) is 12.5 Å². The maximum absolute atomic E-state index is 9.25. The van der Waals surface area contributed by atoms with Crippen LogP contribution in [0.1, 0.15) is 12.6 Å². The van der Waals surface area contributed by atoms with Crippen molar-refractivity contribution in [2.24, 2.45) is 0 Å². The summed E-state index contributed by atoms with van der Waals surface area (Å²) in [7, 11) is 1.93. The molecule has 2 aromatic rings. The van der Waals surface area contributed by atoms with Crippen molar-refractivity contribution in [3.8, 4) is 11.4 Å². The molecule has 0 amide bonds. The number of hydrogen-bond donors (Lipinski definition) is 2. The van der Waals surface area contributed by atoms with Gasteiger partial charge in [-0.05, 0) is 38.2 Å². The number of aromatic nitrogens is 3. The van der Waals surface area contributed by atoms with E-state index in [1.165, 1.54) is 0 Å². The zero-order chi connectivity index (χ0) is 12.3. The highest BCUT2D eigenvalue weighted by molar-refractivity contribution is 5.36. The zero-order valence-corrected chi connectivity index (χ0v) is 9.96. The Morgan fingerprint density at radius 3 is 2.71 bits per heavy atom. The van der Waals surface area contributed by atoms with Crippen molar-refractivity contribution in [3.63, 3.8) is 0 Å². The molecule has 0 aliphatic heterocycles. The summed E-state index contributed by atoms with van der Waals surface area (Å²) < 4.78 is 1.78. The molecule has 5 heteroatoms. The lowest BCUT2D eigenvalue weighted by Crippen LogP contribution is -2.24. The van der Waals surface area contributed by atoms with Gasteiger partial charge in [0.25, 0.3) is 0 Å². The van der Waals surface area contributed by atoms with Crippen LogP contribution in [0.5, 0.6) is 5.75 Å². The number of benzene rings is 1. The smallest absolute Gasteiger partial charge is 0.115 e. The van der Waals surface area contributed by atoms with Gasteiger partial charge in [0.2, 0.25) is 0 Å². The van der Waals surface area contributed by atoms with Gasteiger partial charge in [-0.25, -0.2) is 4.68 Å². The fourth-order valence-corrected chi connectivity index (χ4v) is 1.62. The minimum Gasteiger partial charge on any atom is -0.508 e. The summed E-state index contributed by atoms with van der Waals surface area (Å²) in [6, 6.07) is 7.28. The summed E-state index contributed by atoms with van der Waals surface area (Å²) in [6.45, 7) is 2.11. The molecular formula is C12H16N4O. The van der Waals surface area contributed by atoms with Crippen molar-refractivity contribution in [3.05, 3.63) is 36.2 Å². The maximum atomic E-state index is 9.25. The Morgan fingerprint density at radius 1 is 1.35 bits per heavy atom. The molecule has 1 unspecified atom stereocenters. The first-order valence-electron chi connectivity index (χ1n) is 5.57. The Labute approximate surface area is 100 Å². The zero-order valence-electron chi connectivity index (χ0n) is 9.96. The molecule has 2 rings (SSSR count). The van der Waals surface area contributed by atoms with Gasteiger partial charge in [0.05, 0.1) is 17.6 Å². The van der Waals surface area contributed by atoms with E-state index >= 15 is 0 Å². The highest BCUT2D eigenvalue weighted by atomic mass is 16.3. The number of rotatable bonds is 4. The summed E-state index contributed by atoms with van der Waals surface area (Å²) in [6.07, 6.45) is 2.62. The first kappa shape index (κ1) is 11.6. The number of nitrogens with one attached hydrogen (secondary N) is 1. The highest BCUT2D eigenvalue weighted by Gasteiger charge is 2.09. The van der Waals surface area contributed by atoms with Crippen LogP contribution in [0.2, 0.25) is 0 Å². The van der Waals surface area contributed by atoms with Crippen LogP contribution in [0.3, 0.4) is 0 Å². The van der Waals surface area contributed by atoms with Crippen LogP contribution in [0.25, 0.3) is 5.69 Å². The van der Waals surface area contributed by atoms with Gasteiger partial charge in [-0.2, -0.15) is 0 Å². The number of phenols is 1. The van der Waals surface area contributed by atoms with E-state index < -0.39 is 0 Å². The Balaban J connectivity index is 2.27. The maximum Gasteiger partial charge on any atom is 0.115 e. The number of aromatic hydroxyl groups is 1. The number of hydrogen-bond acceptors (Lipinski definition) is 4. The predicted molar refractivity (Wildman–Crippen MR) is 65.2 cm³/mol. The summed E-state index contributed by atoms with van der Waals surface area (Å²) in [5, 5.41) is 20.4. The van der Waals surface area contributed by atoms with Gasteiger partial charge in [-0.15, -0.1) is 5.10 Å². The van der Waals surface area contributed by atoms with E-state index in [1.54, 1.807) is 23.0 Å². The van der Waals surface area contributed by atoms with Crippen molar-refractivity contribution in [1.82, 2.24) is 20.3 Å². The van der Waals surface area contributed by atoms with Crippen LogP contribution in [-0.4, -0.2) is 33.2 Å². The van der Waals surface area contributed by atoms with Crippen molar-refractivity contribution < 1.29 is 5.11 Å². The van der Waals surface area contributed by atoms with Gasteiger partial charge < -0.3 is 10.4 Å². The highest BCUT2D eigenvalue weighted by Crippen LogP contribution is 2.15. The minimum atomic E-state index is 0.249. The molecule has 1 atom stereocenters. The molecule has 5 nitrogen and oxygen atoms in total. The third kappa shape index (κ3) is 2.62. The Bertz CT molecular complexity index is 478. The van der Waals surface area contributed by atoms with Gasteiger partial charge in [0.15, 0.2) is 0 Å². The molecule has 1 aromatic heterocycles. The standard InChI is InChI=1S/C12H16N4O/c1-9(13-2)7-11-8-14-15-16(11)10-3-5-12(17)6-4-10/h3-6,8-9,13,17H,7H2,1-2H3. The molecule has 0 bridgehead atoms. The van der Waals surface area contributed by atoms with Gasteiger partial charge >= 0.3 is 0 Å². The molecule has 0 aliphatic rings. The third-order valence-electron chi connectivity index (χ3n) is 2.72. The molecule has 0 aliphatic carbocycles. The Kier molecular flexibility index (Phi) is 3.39. The van der Waals surface area contributed by atoms with Crippen LogP contribution in [-0.2, 0) is 6.42 Å². The first-order chi connectivity index (χ1) is 8.20. The molecule has 1 heterocycles.